The zero-order valence-electron chi connectivity index (χ0n) is 6.05. The Morgan fingerprint density at radius 3 is 1.89 bits per heavy atom. The Kier molecular flexibility index (Phi) is 29.5. The minimum Gasteiger partial charge on any atom is -0.481 e. The van der Waals surface area contributed by atoms with Gasteiger partial charge in [0.2, 0.25) is 0 Å². The fourth-order valence-corrected chi connectivity index (χ4v) is 0. The average molecular weight is 157 g/mol. The normalized spacial score (nSPS) is 6.11. The van der Waals surface area contributed by atoms with Crippen LogP contribution in [0.3, 0.4) is 0 Å². The van der Waals surface area contributed by atoms with Crippen molar-refractivity contribution in [1.29, 1.82) is 0 Å². The van der Waals surface area contributed by atoms with Gasteiger partial charge in [-0.2, -0.15) is 6.42 Å². The molecule has 0 atom stereocenters. The molecule has 3 N–H and O–H groups in total. The molecule has 0 rings (SSSR count). The van der Waals surface area contributed by atoms with Crippen molar-refractivity contribution in [2.45, 2.75) is 13.3 Å². The molecule has 0 aromatic heterocycles. The predicted octanol–water partition coefficient (Wildman–Crippen LogP) is -2.74. The molecule has 0 radical (unpaired) electrons. The van der Waals surface area contributed by atoms with Gasteiger partial charge in [-0.1, -0.05) is 0 Å². The Morgan fingerprint density at radius 1 is 1.78 bits per heavy atom. The minimum absolute atomic E-state index is 0. The first-order valence-electron chi connectivity index (χ1n) is 2.34. The van der Waals surface area contributed by atoms with Gasteiger partial charge in [0.1, 0.15) is 0 Å². The summed E-state index contributed by atoms with van der Waals surface area (Å²) < 4.78 is 0. The fourth-order valence-electron chi connectivity index (χ4n) is 0. The predicted molar refractivity (Wildman–Crippen MR) is 32.3 cm³/mol. The van der Waals surface area contributed by atoms with Gasteiger partial charge in [0, 0.05) is 6.92 Å². The van der Waals surface area contributed by atoms with Crippen molar-refractivity contribution in [2.24, 2.45) is 5.73 Å². The molecular formula is C5H12KNO2. The van der Waals surface area contributed by atoms with Gasteiger partial charge in [0.25, 0.3) is 5.97 Å². The van der Waals surface area contributed by atoms with E-state index in [1.807, 2.05) is 0 Å². The molecule has 9 heavy (non-hydrogen) atoms. The second-order valence-corrected chi connectivity index (χ2v) is 1.16. The van der Waals surface area contributed by atoms with Gasteiger partial charge in [-0.3, -0.25) is 4.79 Å². The third kappa shape index (κ3) is 106. The van der Waals surface area contributed by atoms with Gasteiger partial charge < -0.3 is 17.8 Å². The molecular weight excluding hydrogens is 145 g/mol. The summed E-state index contributed by atoms with van der Waals surface area (Å²) in [5.74, 6) is -0.833. The van der Waals surface area contributed by atoms with Gasteiger partial charge in [-0.25, -0.2) is 0 Å². The molecule has 0 aliphatic heterocycles. The maximum absolute atomic E-state index is 9.00. The second kappa shape index (κ2) is 16.0. The molecule has 0 heterocycles. The summed E-state index contributed by atoms with van der Waals surface area (Å²) >= 11 is 0. The second-order valence-electron chi connectivity index (χ2n) is 1.16. The minimum atomic E-state index is -0.833. The van der Waals surface area contributed by atoms with Crippen LogP contribution in [-0.4, -0.2) is 17.6 Å². The number of rotatable bonds is 1. The molecule has 0 amide bonds. The number of carboxylic acid groups (broad SMARTS) is 1. The topological polar surface area (TPSA) is 63.3 Å². The van der Waals surface area contributed by atoms with Crippen LogP contribution < -0.4 is 57.1 Å². The third-order valence-corrected chi connectivity index (χ3v) is 0.204. The van der Waals surface area contributed by atoms with Crippen LogP contribution in [0, 0.1) is 6.92 Å². The molecule has 0 aliphatic carbocycles. The van der Waals surface area contributed by atoms with Crippen LogP contribution >= 0.6 is 0 Å². The molecule has 0 aromatic rings. The zero-order chi connectivity index (χ0) is 6.99. The van der Waals surface area contributed by atoms with E-state index in [0.717, 1.165) is 13.3 Å². The number of hydrogen-bond acceptors (Lipinski definition) is 2. The number of carboxylic acids is 1. The van der Waals surface area contributed by atoms with E-state index < -0.39 is 5.97 Å². The summed E-state index contributed by atoms with van der Waals surface area (Å²) in [7, 11) is 0. The standard InChI is InChI=1S/C3H8N.C2H4O2.K/c1-2-3-4;1-2(3)4;/h1-4H2;1H3,(H,3,4);/q-1;;+1. The number of carbonyl (C=O) groups is 1. The van der Waals surface area contributed by atoms with Crippen molar-refractivity contribution in [3.63, 3.8) is 0 Å². The number of aliphatic carboxylic acids is 1. The summed E-state index contributed by atoms with van der Waals surface area (Å²) in [5, 5.41) is 7.42. The maximum Gasteiger partial charge on any atom is 1.00 e. The van der Waals surface area contributed by atoms with Crippen molar-refractivity contribution in [1.82, 2.24) is 0 Å². The molecule has 0 aliphatic rings. The van der Waals surface area contributed by atoms with Crippen molar-refractivity contribution in [3.8, 4) is 0 Å². The van der Waals surface area contributed by atoms with E-state index >= 15 is 0 Å². The van der Waals surface area contributed by atoms with E-state index in [0.29, 0.717) is 6.54 Å². The molecule has 50 valence electrons. The van der Waals surface area contributed by atoms with Crippen molar-refractivity contribution in [3.05, 3.63) is 6.92 Å². The summed E-state index contributed by atoms with van der Waals surface area (Å²) in [6, 6.07) is 0. The van der Waals surface area contributed by atoms with Gasteiger partial charge in [-0.15, -0.1) is 0 Å². The van der Waals surface area contributed by atoms with Gasteiger partial charge in [0.15, 0.2) is 0 Å². The molecule has 0 unspecified atom stereocenters. The first-order chi connectivity index (χ1) is 3.65. The molecule has 0 fully saturated rings. The van der Waals surface area contributed by atoms with Gasteiger partial charge in [0.05, 0.1) is 0 Å². The molecule has 0 aromatic carbocycles. The van der Waals surface area contributed by atoms with Crippen LogP contribution in [0.25, 0.3) is 0 Å². The van der Waals surface area contributed by atoms with Crippen LogP contribution in [0.4, 0.5) is 0 Å². The van der Waals surface area contributed by atoms with E-state index in [-0.39, 0.29) is 51.4 Å². The van der Waals surface area contributed by atoms with Crippen LogP contribution in [0.15, 0.2) is 0 Å². The molecule has 0 saturated carbocycles. The van der Waals surface area contributed by atoms with Crippen LogP contribution in [0.5, 0.6) is 0 Å². The SMILES string of the molecule is CC(=O)O.[CH2-]CCN.[K+]. The van der Waals surface area contributed by atoms with E-state index in [1.165, 1.54) is 0 Å². The first kappa shape index (κ1) is 16.6. The molecule has 0 spiro atoms. The van der Waals surface area contributed by atoms with Gasteiger partial charge >= 0.3 is 51.4 Å². The van der Waals surface area contributed by atoms with Crippen molar-refractivity contribution < 1.29 is 61.3 Å². The quantitative estimate of drug-likeness (QED) is 0.321. The van der Waals surface area contributed by atoms with Gasteiger partial charge in [-0.05, 0) is 6.54 Å². The Morgan fingerprint density at radius 2 is 1.89 bits per heavy atom. The maximum atomic E-state index is 9.00. The Hall–Kier alpha value is 1.07. The third-order valence-electron chi connectivity index (χ3n) is 0.204. The van der Waals surface area contributed by atoms with Crippen LogP contribution in [-0.2, 0) is 4.79 Å². The average Bonchev–Trinajstić information content (AvgIpc) is 1.65. The molecule has 0 bridgehead atoms. The Labute approximate surface area is 98.4 Å². The first-order valence-corrected chi connectivity index (χ1v) is 2.34. The fraction of sp³-hybridized carbons (Fsp3) is 0.600. The van der Waals surface area contributed by atoms with Crippen molar-refractivity contribution >= 4 is 5.97 Å². The number of nitrogens with two attached hydrogens (primary N) is 1. The molecule has 0 saturated heterocycles. The zero-order valence-corrected chi connectivity index (χ0v) is 9.18. The smallest absolute Gasteiger partial charge is 0.481 e. The summed E-state index contributed by atoms with van der Waals surface area (Å²) in [6.45, 7) is 5.27. The number of hydrogen-bond donors (Lipinski definition) is 2. The van der Waals surface area contributed by atoms with E-state index in [9.17, 15) is 0 Å². The largest absolute Gasteiger partial charge is 1.00 e. The Balaban J connectivity index is -0.0000000720. The summed E-state index contributed by atoms with van der Waals surface area (Å²) in [6.07, 6.45) is 0.847. The van der Waals surface area contributed by atoms with E-state index in [2.05, 4.69) is 6.92 Å². The molecule has 3 nitrogen and oxygen atoms in total. The van der Waals surface area contributed by atoms with Crippen LogP contribution in [0.1, 0.15) is 13.3 Å². The van der Waals surface area contributed by atoms with Crippen LogP contribution in [0.2, 0.25) is 0 Å². The Bertz CT molecular complexity index is 52.9. The summed E-state index contributed by atoms with van der Waals surface area (Å²) in [5.41, 5.74) is 4.97. The van der Waals surface area contributed by atoms with Crippen molar-refractivity contribution in [2.75, 3.05) is 6.54 Å². The molecule has 4 heteroatoms. The van der Waals surface area contributed by atoms with E-state index in [1.54, 1.807) is 0 Å². The monoisotopic (exact) mass is 157 g/mol. The summed E-state index contributed by atoms with van der Waals surface area (Å²) in [4.78, 5) is 9.00. The van der Waals surface area contributed by atoms with E-state index in [4.69, 9.17) is 15.6 Å².